The molecule has 7 N–H and O–H groups in total. The summed E-state index contributed by atoms with van der Waals surface area (Å²) in [6.07, 6.45) is 2.82. The van der Waals surface area contributed by atoms with E-state index < -0.39 is 17.9 Å². The van der Waals surface area contributed by atoms with Crippen LogP contribution in [0, 0.1) is 0 Å². The van der Waals surface area contributed by atoms with Crippen LogP contribution >= 0.6 is 0 Å². The molecule has 0 saturated heterocycles. The minimum atomic E-state index is -0.846. The van der Waals surface area contributed by atoms with E-state index in [1.54, 1.807) is 0 Å². The highest BCUT2D eigenvalue weighted by molar-refractivity contribution is 5.95. The number of ether oxygens (including phenoxy) is 1. The summed E-state index contributed by atoms with van der Waals surface area (Å²) in [5.41, 5.74) is 15.8. The third-order valence-corrected chi connectivity index (χ3v) is 2.92. The minimum Gasteiger partial charge on any atom is -0.478 e. The Kier molecular flexibility index (Phi) is 7.96. The molecule has 0 bridgehead atoms. The molecule has 1 atom stereocenters. The van der Waals surface area contributed by atoms with Crippen molar-refractivity contribution in [2.24, 2.45) is 22.2 Å². The third kappa shape index (κ3) is 6.90. The number of aromatic nitrogens is 2. The first-order valence-corrected chi connectivity index (χ1v) is 7.54. The van der Waals surface area contributed by atoms with Crippen molar-refractivity contribution in [3.05, 3.63) is 18.1 Å². The topological polar surface area (TPSA) is 172 Å². The molecular weight excluding hydrogens is 314 g/mol. The first-order chi connectivity index (χ1) is 11.4. The molecule has 0 unspecified atom stereocenters. The number of rotatable bonds is 10. The number of nitrogens with zero attached hydrogens (tertiary/aromatic N) is 3. The van der Waals surface area contributed by atoms with Gasteiger partial charge in [0.25, 0.3) is 5.91 Å². The van der Waals surface area contributed by atoms with Gasteiger partial charge in [0.05, 0.1) is 6.61 Å². The van der Waals surface area contributed by atoms with Crippen LogP contribution in [-0.4, -0.2) is 46.9 Å². The monoisotopic (exact) mass is 337 g/mol. The van der Waals surface area contributed by atoms with Gasteiger partial charge in [0.1, 0.15) is 18.1 Å². The highest BCUT2D eigenvalue weighted by Gasteiger charge is 2.19. The van der Waals surface area contributed by atoms with E-state index in [-0.39, 0.29) is 11.7 Å². The number of carbonyl (C=O) groups excluding carboxylic acids is 2. The molecule has 0 aliphatic carbocycles. The fraction of sp³-hybridized carbons (Fsp3) is 0.500. The van der Waals surface area contributed by atoms with Crippen LogP contribution in [0.2, 0.25) is 0 Å². The zero-order valence-electron chi connectivity index (χ0n) is 13.6. The fourth-order valence-electron chi connectivity index (χ4n) is 1.77. The second-order valence-electron chi connectivity index (χ2n) is 4.97. The van der Waals surface area contributed by atoms with Gasteiger partial charge >= 0.3 is 0 Å². The largest absolute Gasteiger partial charge is 0.478 e. The van der Waals surface area contributed by atoms with Crippen molar-refractivity contribution in [2.45, 2.75) is 32.2 Å². The van der Waals surface area contributed by atoms with Crippen LogP contribution in [-0.2, 0) is 4.79 Å². The molecule has 1 rings (SSSR count). The zero-order valence-corrected chi connectivity index (χ0v) is 13.6. The lowest BCUT2D eigenvalue weighted by molar-refractivity contribution is -0.120. The smallest absolute Gasteiger partial charge is 0.270 e. The summed E-state index contributed by atoms with van der Waals surface area (Å²) in [7, 11) is 0. The zero-order chi connectivity index (χ0) is 17.9. The Bertz CT molecular complexity index is 587. The van der Waals surface area contributed by atoms with Gasteiger partial charge < -0.3 is 27.3 Å². The maximum atomic E-state index is 12.2. The lowest BCUT2D eigenvalue weighted by Gasteiger charge is -2.14. The molecule has 10 heteroatoms. The van der Waals surface area contributed by atoms with E-state index in [2.05, 4.69) is 20.3 Å². The highest BCUT2D eigenvalue weighted by Crippen LogP contribution is 2.08. The van der Waals surface area contributed by atoms with Crippen LogP contribution in [0.4, 0.5) is 0 Å². The van der Waals surface area contributed by atoms with Crippen molar-refractivity contribution >= 4 is 17.8 Å². The lowest BCUT2D eigenvalue weighted by Crippen LogP contribution is -2.44. The van der Waals surface area contributed by atoms with E-state index in [9.17, 15) is 9.59 Å². The van der Waals surface area contributed by atoms with E-state index in [0.29, 0.717) is 31.9 Å². The Morgan fingerprint density at radius 1 is 1.33 bits per heavy atom. The number of hydrogen-bond acceptors (Lipinski definition) is 6. The Hall–Kier alpha value is -2.91. The van der Waals surface area contributed by atoms with Gasteiger partial charge in [-0.3, -0.25) is 14.6 Å². The van der Waals surface area contributed by atoms with Gasteiger partial charge in [-0.25, -0.2) is 9.97 Å². The SMILES string of the molecule is CCCOc1cc(C(=O)N[C@@H](CCCN=C(N)N)C(N)=O)ncn1. The summed E-state index contributed by atoms with van der Waals surface area (Å²) in [5, 5.41) is 2.53. The van der Waals surface area contributed by atoms with Crippen LogP contribution < -0.4 is 27.3 Å². The van der Waals surface area contributed by atoms with E-state index >= 15 is 0 Å². The molecule has 0 spiro atoms. The molecule has 0 radical (unpaired) electrons. The van der Waals surface area contributed by atoms with E-state index in [0.717, 1.165) is 6.42 Å². The number of nitrogens with two attached hydrogens (primary N) is 3. The first kappa shape index (κ1) is 19.1. The lowest BCUT2D eigenvalue weighted by atomic mass is 10.1. The van der Waals surface area contributed by atoms with Crippen LogP contribution in [0.15, 0.2) is 17.4 Å². The molecule has 1 aromatic heterocycles. The minimum absolute atomic E-state index is 0.0322. The van der Waals surface area contributed by atoms with Crippen LogP contribution in [0.1, 0.15) is 36.7 Å². The predicted molar refractivity (Wildman–Crippen MR) is 88.2 cm³/mol. The number of hydrogen-bond donors (Lipinski definition) is 4. The molecule has 0 aliphatic heterocycles. The van der Waals surface area contributed by atoms with Crippen molar-refractivity contribution in [3.8, 4) is 5.88 Å². The molecule has 0 saturated carbocycles. The van der Waals surface area contributed by atoms with Crippen LogP contribution in [0.5, 0.6) is 5.88 Å². The fourth-order valence-corrected chi connectivity index (χ4v) is 1.77. The average Bonchev–Trinajstić information content (AvgIpc) is 2.55. The van der Waals surface area contributed by atoms with Crippen molar-refractivity contribution < 1.29 is 14.3 Å². The number of nitrogens with one attached hydrogen (secondary N) is 1. The Morgan fingerprint density at radius 3 is 2.71 bits per heavy atom. The van der Waals surface area contributed by atoms with Crippen molar-refractivity contribution in [1.29, 1.82) is 0 Å². The molecule has 0 aliphatic rings. The van der Waals surface area contributed by atoms with Gasteiger partial charge in [-0.05, 0) is 19.3 Å². The summed E-state index contributed by atoms with van der Waals surface area (Å²) in [6.45, 7) is 2.77. The molecule has 0 fully saturated rings. The summed E-state index contributed by atoms with van der Waals surface area (Å²) in [5.74, 6) is -0.926. The summed E-state index contributed by atoms with van der Waals surface area (Å²) >= 11 is 0. The standard InChI is InChI=1S/C14H23N7O3/c1-2-6-24-11-7-10(19-8-20-11)13(23)21-9(12(15)22)4-3-5-18-14(16)17/h7-9H,2-6H2,1H3,(H2,15,22)(H,21,23)(H4,16,17,18)/t9-/m0/s1. The summed E-state index contributed by atoms with van der Waals surface area (Å²) in [6, 6.07) is 0.560. The molecule has 10 nitrogen and oxygen atoms in total. The van der Waals surface area contributed by atoms with E-state index in [1.165, 1.54) is 12.4 Å². The maximum absolute atomic E-state index is 12.2. The molecule has 132 valence electrons. The van der Waals surface area contributed by atoms with Gasteiger partial charge in [0.2, 0.25) is 11.8 Å². The van der Waals surface area contributed by atoms with Gasteiger partial charge in [-0.1, -0.05) is 6.92 Å². The summed E-state index contributed by atoms with van der Waals surface area (Å²) in [4.78, 5) is 35.2. The molecule has 1 aromatic rings. The quantitative estimate of drug-likeness (QED) is 0.238. The van der Waals surface area contributed by atoms with Crippen molar-refractivity contribution in [1.82, 2.24) is 15.3 Å². The van der Waals surface area contributed by atoms with Gasteiger partial charge in [0, 0.05) is 12.6 Å². The van der Waals surface area contributed by atoms with Crippen molar-refractivity contribution in [2.75, 3.05) is 13.2 Å². The van der Waals surface area contributed by atoms with Crippen molar-refractivity contribution in [3.63, 3.8) is 0 Å². The molecule has 0 aromatic carbocycles. The highest BCUT2D eigenvalue weighted by atomic mass is 16.5. The number of carbonyl (C=O) groups is 2. The van der Waals surface area contributed by atoms with Crippen LogP contribution in [0.25, 0.3) is 0 Å². The molecule has 1 heterocycles. The van der Waals surface area contributed by atoms with Gasteiger partial charge in [-0.2, -0.15) is 0 Å². The first-order valence-electron chi connectivity index (χ1n) is 7.54. The maximum Gasteiger partial charge on any atom is 0.270 e. The van der Waals surface area contributed by atoms with E-state index in [1.807, 2.05) is 6.92 Å². The second kappa shape index (κ2) is 9.98. The Morgan fingerprint density at radius 2 is 2.08 bits per heavy atom. The molecular formula is C14H23N7O3. The van der Waals surface area contributed by atoms with E-state index in [4.69, 9.17) is 21.9 Å². The second-order valence-corrected chi connectivity index (χ2v) is 4.97. The third-order valence-electron chi connectivity index (χ3n) is 2.92. The number of aliphatic imine (C=N–C) groups is 1. The Balaban J connectivity index is 2.64. The molecule has 24 heavy (non-hydrogen) atoms. The van der Waals surface area contributed by atoms with Crippen LogP contribution in [0.3, 0.4) is 0 Å². The van der Waals surface area contributed by atoms with Gasteiger partial charge in [-0.15, -0.1) is 0 Å². The Labute approximate surface area is 139 Å². The number of primary amides is 1. The predicted octanol–water partition coefficient (Wildman–Crippen LogP) is -1.10. The average molecular weight is 337 g/mol. The normalized spacial score (nSPS) is 11.4. The van der Waals surface area contributed by atoms with Gasteiger partial charge in [0.15, 0.2) is 5.96 Å². The number of amides is 2. The summed E-state index contributed by atoms with van der Waals surface area (Å²) < 4.78 is 5.34. The molecule has 2 amide bonds. The number of guanidine groups is 1.